The fraction of sp³-hybridized carbons (Fsp3) is 0.440. The first-order valence-corrected chi connectivity index (χ1v) is 15.0. The number of carbonyl (C=O) groups is 2. The van der Waals surface area contributed by atoms with Crippen molar-refractivity contribution in [3.8, 4) is 0 Å². The Morgan fingerprint density at radius 2 is 1.78 bits per heavy atom. The van der Waals surface area contributed by atoms with Crippen molar-refractivity contribution in [2.75, 3.05) is 23.7 Å². The molecule has 0 aromatic heterocycles. The Hall–Kier alpha value is -1.81. The van der Waals surface area contributed by atoms with E-state index in [9.17, 15) is 18.0 Å². The van der Waals surface area contributed by atoms with Gasteiger partial charge in [-0.25, -0.2) is 8.42 Å². The van der Waals surface area contributed by atoms with Gasteiger partial charge in [0, 0.05) is 17.6 Å². The number of hydrogen-bond acceptors (Lipinski definition) is 4. The van der Waals surface area contributed by atoms with Gasteiger partial charge in [-0.1, -0.05) is 65.5 Å². The van der Waals surface area contributed by atoms with Gasteiger partial charge in [0.15, 0.2) is 0 Å². The van der Waals surface area contributed by atoms with E-state index in [4.69, 9.17) is 23.2 Å². The van der Waals surface area contributed by atoms with Crippen LogP contribution in [-0.4, -0.2) is 50.5 Å². The molecule has 0 bridgehead atoms. The van der Waals surface area contributed by atoms with E-state index in [1.807, 2.05) is 20.8 Å². The lowest BCUT2D eigenvalue weighted by Crippen LogP contribution is -2.52. The van der Waals surface area contributed by atoms with Crippen LogP contribution in [0.3, 0.4) is 0 Å². The molecule has 11 heteroatoms. The number of hydrogen-bond donors (Lipinski definition) is 1. The number of amides is 2. The Kier molecular flexibility index (Phi) is 11.5. The van der Waals surface area contributed by atoms with E-state index in [2.05, 4.69) is 21.2 Å². The van der Waals surface area contributed by atoms with Crippen molar-refractivity contribution in [2.24, 2.45) is 0 Å². The molecular weight excluding hydrogens is 589 g/mol. The summed E-state index contributed by atoms with van der Waals surface area (Å²) in [4.78, 5) is 28.1. The molecule has 0 fully saturated rings. The third-order valence-electron chi connectivity index (χ3n) is 5.66. The molecule has 1 unspecified atom stereocenters. The van der Waals surface area contributed by atoms with Crippen LogP contribution in [-0.2, 0) is 26.2 Å². The largest absolute Gasteiger partial charge is 0.354 e. The lowest BCUT2D eigenvalue weighted by molar-refractivity contribution is -0.140. The zero-order valence-electron chi connectivity index (χ0n) is 20.9. The monoisotopic (exact) mass is 619 g/mol. The molecule has 2 aromatic carbocycles. The number of nitrogens with one attached hydrogen (secondary N) is 1. The molecule has 0 aliphatic carbocycles. The first-order chi connectivity index (χ1) is 16.9. The average molecular weight is 621 g/mol. The molecule has 0 spiro atoms. The van der Waals surface area contributed by atoms with Crippen molar-refractivity contribution in [1.29, 1.82) is 0 Å². The molecule has 7 nitrogen and oxygen atoms in total. The lowest BCUT2D eigenvalue weighted by Gasteiger charge is -2.33. The third-order valence-corrected chi connectivity index (χ3v) is 8.43. The second-order valence-electron chi connectivity index (χ2n) is 8.54. The number of sulfonamides is 1. The highest BCUT2D eigenvalue weighted by Gasteiger charge is 2.31. The summed E-state index contributed by atoms with van der Waals surface area (Å²) in [5.41, 5.74) is 1.85. The highest BCUT2D eigenvalue weighted by atomic mass is 79.9. The Balaban J connectivity index is 2.45. The molecule has 0 aliphatic rings. The van der Waals surface area contributed by atoms with E-state index in [1.54, 1.807) is 36.4 Å². The molecule has 0 saturated carbocycles. The molecule has 0 heterocycles. The summed E-state index contributed by atoms with van der Waals surface area (Å²) in [5.74, 6) is -0.797. The van der Waals surface area contributed by atoms with Crippen LogP contribution in [0.2, 0.25) is 10.0 Å². The number of aryl methyl sites for hydroxylation is 1. The van der Waals surface area contributed by atoms with Gasteiger partial charge < -0.3 is 10.2 Å². The fourth-order valence-corrected chi connectivity index (χ4v) is 5.07. The Morgan fingerprint density at radius 3 is 2.33 bits per heavy atom. The molecule has 0 saturated heterocycles. The Bertz CT molecular complexity index is 1190. The SMILES string of the molecule is CCCCNC(=O)C(CC)N(Cc1ccc(Cl)c(Cl)c1)C(=O)CN(c1ccc(Br)c(C)c1)S(C)(=O)=O. The minimum Gasteiger partial charge on any atom is -0.354 e. The summed E-state index contributed by atoms with van der Waals surface area (Å²) in [6.07, 6.45) is 3.13. The smallest absolute Gasteiger partial charge is 0.244 e. The molecule has 0 radical (unpaired) electrons. The van der Waals surface area contributed by atoms with E-state index >= 15 is 0 Å². The van der Waals surface area contributed by atoms with Gasteiger partial charge in [-0.05, 0) is 61.2 Å². The van der Waals surface area contributed by atoms with E-state index < -0.39 is 28.5 Å². The van der Waals surface area contributed by atoms with Crippen molar-refractivity contribution in [2.45, 2.75) is 52.6 Å². The molecule has 2 amide bonds. The zero-order valence-corrected chi connectivity index (χ0v) is 24.8. The predicted molar refractivity (Wildman–Crippen MR) is 150 cm³/mol. The van der Waals surface area contributed by atoms with Crippen molar-refractivity contribution < 1.29 is 18.0 Å². The van der Waals surface area contributed by atoms with Gasteiger partial charge in [0.2, 0.25) is 21.8 Å². The number of halogens is 3. The third kappa shape index (κ3) is 8.36. The highest BCUT2D eigenvalue weighted by Crippen LogP contribution is 2.26. The summed E-state index contributed by atoms with van der Waals surface area (Å²) < 4.78 is 27.3. The number of nitrogens with zero attached hydrogens (tertiary/aromatic N) is 2. The second-order valence-corrected chi connectivity index (χ2v) is 12.1. The standard InChI is InChI=1S/C25H32BrCl2N3O4S/c1-5-7-12-29-25(33)23(6-2)30(15-18-8-11-21(27)22(28)14-18)24(32)16-31(36(4,34)35)19-9-10-20(26)17(3)13-19/h8-11,13-14,23H,5-7,12,15-16H2,1-4H3,(H,29,33). The maximum absolute atomic E-state index is 13.7. The second kappa shape index (κ2) is 13.7. The maximum Gasteiger partial charge on any atom is 0.244 e. The van der Waals surface area contributed by atoms with Gasteiger partial charge in [-0.2, -0.15) is 0 Å². The Labute approximate surface area is 232 Å². The minimum atomic E-state index is -3.80. The molecule has 36 heavy (non-hydrogen) atoms. The van der Waals surface area contributed by atoms with Gasteiger partial charge in [0.1, 0.15) is 12.6 Å². The molecule has 1 atom stereocenters. The van der Waals surface area contributed by atoms with Crippen LogP contribution >= 0.6 is 39.1 Å². The molecular formula is C25H32BrCl2N3O4S. The van der Waals surface area contributed by atoms with Crippen molar-refractivity contribution in [3.05, 3.63) is 62.0 Å². The van der Waals surface area contributed by atoms with E-state index in [-0.39, 0.29) is 12.5 Å². The summed E-state index contributed by atoms with van der Waals surface area (Å²) >= 11 is 15.6. The van der Waals surface area contributed by atoms with E-state index in [0.29, 0.717) is 34.3 Å². The summed E-state index contributed by atoms with van der Waals surface area (Å²) in [5, 5.41) is 3.58. The minimum absolute atomic E-state index is 0.0619. The molecule has 2 aromatic rings. The quantitative estimate of drug-likeness (QED) is 0.315. The molecule has 198 valence electrons. The molecule has 2 rings (SSSR count). The van der Waals surface area contributed by atoms with Gasteiger partial charge in [0.05, 0.1) is 22.0 Å². The lowest BCUT2D eigenvalue weighted by atomic mass is 10.1. The van der Waals surface area contributed by atoms with Crippen LogP contribution in [0.15, 0.2) is 40.9 Å². The molecule has 0 aliphatic heterocycles. The normalized spacial score (nSPS) is 12.2. The van der Waals surface area contributed by atoms with Crippen LogP contribution in [0.25, 0.3) is 0 Å². The number of carbonyl (C=O) groups excluding carboxylic acids is 2. The summed E-state index contributed by atoms with van der Waals surface area (Å²) in [7, 11) is -3.80. The van der Waals surface area contributed by atoms with Crippen molar-refractivity contribution >= 4 is 66.7 Å². The fourth-order valence-electron chi connectivity index (χ4n) is 3.66. The van der Waals surface area contributed by atoms with Crippen LogP contribution < -0.4 is 9.62 Å². The van der Waals surface area contributed by atoms with E-state index in [0.717, 1.165) is 33.4 Å². The van der Waals surface area contributed by atoms with Gasteiger partial charge in [0.25, 0.3) is 0 Å². The highest BCUT2D eigenvalue weighted by molar-refractivity contribution is 9.10. The number of rotatable bonds is 12. The van der Waals surface area contributed by atoms with Gasteiger partial charge in [-0.3, -0.25) is 13.9 Å². The predicted octanol–water partition coefficient (Wildman–Crippen LogP) is 5.55. The number of anilines is 1. The van der Waals surface area contributed by atoms with Crippen LogP contribution in [0.1, 0.15) is 44.2 Å². The van der Waals surface area contributed by atoms with Gasteiger partial charge >= 0.3 is 0 Å². The van der Waals surface area contributed by atoms with Crippen molar-refractivity contribution in [1.82, 2.24) is 10.2 Å². The molecule has 1 N–H and O–H groups in total. The Morgan fingerprint density at radius 1 is 1.08 bits per heavy atom. The summed E-state index contributed by atoms with van der Waals surface area (Å²) in [6, 6.07) is 9.24. The zero-order chi connectivity index (χ0) is 27.0. The first kappa shape index (κ1) is 30.4. The van der Waals surface area contributed by atoms with Crippen LogP contribution in [0.4, 0.5) is 5.69 Å². The maximum atomic E-state index is 13.7. The van der Waals surface area contributed by atoms with Crippen molar-refractivity contribution in [3.63, 3.8) is 0 Å². The van der Waals surface area contributed by atoms with E-state index in [1.165, 1.54) is 4.90 Å². The summed E-state index contributed by atoms with van der Waals surface area (Å²) in [6.45, 7) is 5.76. The van der Waals surface area contributed by atoms with Crippen LogP contribution in [0, 0.1) is 6.92 Å². The first-order valence-electron chi connectivity index (χ1n) is 11.6. The topological polar surface area (TPSA) is 86.8 Å². The van der Waals surface area contributed by atoms with Gasteiger partial charge in [-0.15, -0.1) is 0 Å². The average Bonchev–Trinajstić information content (AvgIpc) is 2.80. The number of benzene rings is 2. The number of unbranched alkanes of at least 4 members (excludes halogenated alkanes) is 1. The van der Waals surface area contributed by atoms with Crippen LogP contribution in [0.5, 0.6) is 0 Å².